The molecule has 1 N–H and O–H groups in total. The highest BCUT2D eigenvalue weighted by Crippen LogP contribution is 2.26. The van der Waals surface area contributed by atoms with E-state index in [4.69, 9.17) is 4.74 Å². The van der Waals surface area contributed by atoms with Gasteiger partial charge in [0.2, 0.25) is 5.13 Å². The van der Waals surface area contributed by atoms with Crippen LogP contribution in [0.3, 0.4) is 0 Å². The fourth-order valence-electron chi connectivity index (χ4n) is 2.03. The topological polar surface area (TPSA) is 64.1 Å². The SMILES string of the molecule is CCNc1nnc(SCC(=O)c2ccc(Oc3ccccc3)cc2)s1. The van der Waals surface area contributed by atoms with Gasteiger partial charge in [0.15, 0.2) is 10.1 Å². The number of anilines is 1. The summed E-state index contributed by atoms with van der Waals surface area (Å²) in [4.78, 5) is 12.3. The molecule has 0 unspecified atom stereocenters. The normalized spacial score (nSPS) is 10.4. The van der Waals surface area contributed by atoms with Crippen molar-refractivity contribution in [1.29, 1.82) is 0 Å². The number of benzene rings is 2. The number of ether oxygens (including phenoxy) is 1. The summed E-state index contributed by atoms with van der Waals surface area (Å²) in [6, 6.07) is 16.7. The lowest BCUT2D eigenvalue weighted by molar-refractivity contribution is 0.102. The molecule has 5 nitrogen and oxygen atoms in total. The Hall–Kier alpha value is -2.38. The number of para-hydroxylation sites is 1. The Morgan fingerprint density at radius 1 is 1.08 bits per heavy atom. The molecule has 2 aromatic carbocycles. The van der Waals surface area contributed by atoms with E-state index >= 15 is 0 Å². The third-order valence-corrected chi connectivity index (χ3v) is 5.23. The Morgan fingerprint density at radius 3 is 2.52 bits per heavy atom. The molecule has 7 heteroatoms. The number of hydrogen-bond donors (Lipinski definition) is 1. The average molecular weight is 371 g/mol. The van der Waals surface area contributed by atoms with Gasteiger partial charge in [0.25, 0.3) is 0 Å². The van der Waals surface area contributed by atoms with E-state index in [9.17, 15) is 4.79 Å². The van der Waals surface area contributed by atoms with Crippen LogP contribution in [0.4, 0.5) is 5.13 Å². The molecule has 0 radical (unpaired) electrons. The second-order valence-electron chi connectivity index (χ2n) is 5.05. The summed E-state index contributed by atoms with van der Waals surface area (Å²) >= 11 is 2.86. The predicted molar refractivity (Wildman–Crippen MR) is 102 cm³/mol. The van der Waals surface area contributed by atoms with Gasteiger partial charge in [-0.05, 0) is 43.3 Å². The van der Waals surface area contributed by atoms with Crippen molar-refractivity contribution in [3.63, 3.8) is 0 Å². The van der Waals surface area contributed by atoms with E-state index in [1.165, 1.54) is 23.1 Å². The molecule has 1 aromatic heterocycles. The third-order valence-electron chi connectivity index (χ3n) is 3.22. The number of carbonyl (C=O) groups is 1. The van der Waals surface area contributed by atoms with Crippen molar-refractivity contribution in [2.24, 2.45) is 0 Å². The molecule has 0 aliphatic heterocycles. The van der Waals surface area contributed by atoms with Crippen LogP contribution in [0.25, 0.3) is 0 Å². The van der Waals surface area contributed by atoms with E-state index in [1.807, 2.05) is 37.3 Å². The van der Waals surface area contributed by atoms with Crippen molar-refractivity contribution < 1.29 is 9.53 Å². The molecule has 0 saturated heterocycles. The Balaban J connectivity index is 1.55. The lowest BCUT2D eigenvalue weighted by Gasteiger charge is -2.06. The standard InChI is InChI=1S/C18H17N3O2S2/c1-2-19-17-20-21-18(25-17)24-12-16(22)13-8-10-15(11-9-13)23-14-6-4-3-5-7-14/h3-11H,2,12H2,1H3,(H,19,20). The highest BCUT2D eigenvalue weighted by molar-refractivity contribution is 8.01. The van der Waals surface area contributed by atoms with E-state index in [2.05, 4.69) is 15.5 Å². The van der Waals surface area contributed by atoms with E-state index < -0.39 is 0 Å². The third kappa shape index (κ3) is 5.04. The van der Waals surface area contributed by atoms with Gasteiger partial charge in [-0.15, -0.1) is 10.2 Å². The van der Waals surface area contributed by atoms with Crippen LogP contribution in [0.5, 0.6) is 11.5 Å². The number of Topliss-reactive ketones (excluding diaryl/α,β-unsaturated/α-hetero) is 1. The number of rotatable bonds is 8. The van der Waals surface area contributed by atoms with Crippen LogP contribution < -0.4 is 10.1 Å². The monoisotopic (exact) mass is 371 g/mol. The molecule has 0 spiro atoms. The smallest absolute Gasteiger partial charge is 0.206 e. The number of nitrogens with one attached hydrogen (secondary N) is 1. The summed E-state index contributed by atoms with van der Waals surface area (Å²) in [5, 5.41) is 12.0. The molecule has 0 saturated carbocycles. The minimum atomic E-state index is 0.0523. The molecule has 3 aromatic rings. The first kappa shape index (κ1) is 17.4. The second-order valence-corrected chi connectivity index (χ2v) is 7.25. The highest BCUT2D eigenvalue weighted by Gasteiger charge is 2.10. The maximum absolute atomic E-state index is 12.3. The Kier molecular flexibility index (Phi) is 6.03. The molecular formula is C18H17N3O2S2. The number of aromatic nitrogens is 2. The van der Waals surface area contributed by atoms with Gasteiger partial charge in [-0.1, -0.05) is 41.3 Å². The first-order valence-electron chi connectivity index (χ1n) is 7.81. The van der Waals surface area contributed by atoms with E-state index in [0.29, 0.717) is 17.1 Å². The van der Waals surface area contributed by atoms with Crippen LogP contribution in [0.1, 0.15) is 17.3 Å². The minimum absolute atomic E-state index is 0.0523. The molecule has 0 amide bonds. The van der Waals surface area contributed by atoms with Gasteiger partial charge in [-0.2, -0.15) is 0 Å². The molecule has 0 aliphatic carbocycles. The van der Waals surface area contributed by atoms with Gasteiger partial charge >= 0.3 is 0 Å². The van der Waals surface area contributed by atoms with Crippen molar-refractivity contribution in [3.8, 4) is 11.5 Å². The van der Waals surface area contributed by atoms with Gasteiger partial charge in [-0.25, -0.2) is 0 Å². The van der Waals surface area contributed by atoms with Crippen LogP contribution in [0, 0.1) is 0 Å². The van der Waals surface area contributed by atoms with Gasteiger partial charge in [0.1, 0.15) is 11.5 Å². The number of ketones is 1. The minimum Gasteiger partial charge on any atom is -0.457 e. The first-order chi connectivity index (χ1) is 12.2. The van der Waals surface area contributed by atoms with Crippen molar-refractivity contribution in [2.45, 2.75) is 11.3 Å². The summed E-state index contributed by atoms with van der Waals surface area (Å²) < 4.78 is 6.51. The van der Waals surface area contributed by atoms with Crippen LogP contribution in [0.2, 0.25) is 0 Å². The number of hydrogen-bond acceptors (Lipinski definition) is 7. The zero-order chi connectivity index (χ0) is 17.5. The molecule has 0 fully saturated rings. The number of carbonyl (C=O) groups excluding carboxylic acids is 1. The highest BCUT2D eigenvalue weighted by atomic mass is 32.2. The van der Waals surface area contributed by atoms with Gasteiger partial charge in [0.05, 0.1) is 5.75 Å². The lowest BCUT2D eigenvalue weighted by Crippen LogP contribution is -2.02. The largest absolute Gasteiger partial charge is 0.457 e. The fraction of sp³-hybridized carbons (Fsp3) is 0.167. The molecule has 128 valence electrons. The van der Waals surface area contributed by atoms with Crippen LogP contribution in [-0.4, -0.2) is 28.3 Å². The zero-order valence-electron chi connectivity index (χ0n) is 13.6. The lowest BCUT2D eigenvalue weighted by atomic mass is 10.1. The summed E-state index contributed by atoms with van der Waals surface area (Å²) in [7, 11) is 0. The van der Waals surface area contributed by atoms with E-state index in [1.54, 1.807) is 24.3 Å². The molecule has 0 atom stereocenters. The second kappa shape index (κ2) is 8.64. The Morgan fingerprint density at radius 2 is 1.80 bits per heavy atom. The molecule has 0 bridgehead atoms. The summed E-state index contributed by atoms with van der Waals surface area (Å²) in [5.41, 5.74) is 0.657. The van der Waals surface area contributed by atoms with Crippen molar-refractivity contribution >= 4 is 34.0 Å². The average Bonchev–Trinajstić information content (AvgIpc) is 3.09. The zero-order valence-corrected chi connectivity index (χ0v) is 15.3. The summed E-state index contributed by atoms with van der Waals surface area (Å²) in [6.45, 7) is 2.80. The van der Waals surface area contributed by atoms with Crippen molar-refractivity contribution in [2.75, 3.05) is 17.6 Å². The van der Waals surface area contributed by atoms with Crippen LogP contribution >= 0.6 is 23.1 Å². The van der Waals surface area contributed by atoms with Crippen LogP contribution in [0.15, 0.2) is 58.9 Å². The maximum atomic E-state index is 12.3. The predicted octanol–water partition coefficient (Wildman–Crippen LogP) is 4.74. The van der Waals surface area contributed by atoms with Crippen LogP contribution in [-0.2, 0) is 0 Å². The van der Waals surface area contributed by atoms with Gasteiger partial charge < -0.3 is 10.1 Å². The Bertz CT molecular complexity index is 820. The van der Waals surface area contributed by atoms with E-state index in [0.717, 1.165) is 21.8 Å². The summed E-state index contributed by atoms with van der Waals surface area (Å²) in [6.07, 6.45) is 0. The fourth-order valence-corrected chi connectivity index (χ4v) is 3.75. The van der Waals surface area contributed by atoms with Gasteiger partial charge in [-0.3, -0.25) is 4.79 Å². The molecular weight excluding hydrogens is 354 g/mol. The van der Waals surface area contributed by atoms with Crippen molar-refractivity contribution in [1.82, 2.24) is 10.2 Å². The quantitative estimate of drug-likeness (QED) is 0.456. The molecule has 25 heavy (non-hydrogen) atoms. The molecule has 3 rings (SSSR count). The summed E-state index contributed by atoms with van der Waals surface area (Å²) in [5.74, 6) is 1.86. The first-order valence-corrected chi connectivity index (χ1v) is 9.61. The number of thioether (sulfide) groups is 1. The maximum Gasteiger partial charge on any atom is 0.206 e. The Labute approximate surface area is 154 Å². The van der Waals surface area contributed by atoms with E-state index in [-0.39, 0.29) is 5.78 Å². The number of nitrogens with zero attached hydrogens (tertiary/aromatic N) is 2. The molecule has 1 heterocycles. The van der Waals surface area contributed by atoms with Crippen molar-refractivity contribution in [3.05, 3.63) is 60.2 Å². The van der Waals surface area contributed by atoms with Gasteiger partial charge in [0, 0.05) is 12.1 Å². The molecule has 0 aliphatic rings.